The number of nitrogens with two attached hydrogens (primary N) is 1. The molecule has 0 aliphatic carbocycles. The summed E-state index contributed by atoms with van der Waals surface area (Å²) < 4.78 is 0.00241. The van der Waals surface area contributed by atoms with Gasteiger partial charge in [-0.15, -0.1) is 0 Å². The maximum absolute atomic E-state index is 10.4. The van der Waals surface area contributed by atoms with Crippen LogP contribution in [0.2, 0.25) is 0 Å². The number of rotatable bonds is 3. The van der Waals surface area contributed by atoms with Crippen LogP contribution in [0.3, 0.4) is 0 Å². The van der Waals surface area contributed by atoms with Gasteiger partial charge in [-0.25, -0.2) is 0 Å². The van der Waals surface area contributed by atoms with E-state index in [0.717, 1.165) is 6.42 Å². The standard InChI is InChI=1S/C6H12INO/c1-4(2)3-5(7)6(8)9/h4-5H,3H2,1-2H3,(H2,8,9). The van der Waals surface area contributed by atoms with Crippen LogP contribution in [-0.4, -0.2) is 9.83 Å². The Bertz CT molecular complexity index is 103. The number of alkyl halides is 1. The lowest BCUT2D eigenvalue weighted by Gasteiger charge is -2.06. The van der Waals surface area contributed by atoms with Gasteiger partial charge in [-0.3, -0.25) is 4.79 Å². The molecule has 3 heteroatoms. The molecule has 1 unspecified atom stereocenters. The van der Waals surface area contributed by atoms with Crippen molar-refractivity contribution in [3.05, 3.63) is 0 Å². The van der Waals surface area contributed by atoms with Crippen molar-refractivity contribution in [3.63, 3.8) is 0 Å². The maximum Gasteiger partial charge on any atom is 0.230 e. The number of carbonyl (C=O) groups excluding carboxylic acids is 1. The molecule has 0 saturated carbocycles. The van der Waals surface area contributed by atoms with Crippen molar-refractivity contribution in [2.75, 3.05) is 0 Å². The van der Waals surface area contributed by atoms with Gasteiger partial charge in [0.2, 0.25) is 5.91 Å². The van der Waals surface area contributed by atoms with Crippen LogP contribution in [-0.2, 0) is 4.79 Å². The third-order valence-electron chi connectivity index (χ3n) is 0.987. The Balaban J connectivity index is 3.50. The molecule has 0 rings (SSSR count). The van der Waals surface area contributed by atoms with Crippen LogP contribution < -0.4 is 5.73 Å². The van der Waals surface area contributed by atoms with E-state index in [1.807, 2.05) is 0 Å². The quantitative estimate of drug-likeness (QED) is 0.587. The zero-order valence-corrected chi connectivity index (χ0v) is 7.88. The normalized spacial score (nSPS) is 13.8. The molecule has 1 amide bonds. The molecule has 2 nitrogen and oxygen atoms in total. The SMILES string of the molecule is CC(C)CC(I)C(N)=O. The highest BCUT2D eigenvalue weighted by Gasteiger charge is 2.11. The lowest BCUT2D eigenvalue weighted by molar-refractivity contribution is -0.117. The van der Waals surface area contributed by atoms with E-state index in [4.69, 9.17) is 5.73 Å². The number of halogens is 1. The predicted molar refractivity (Wildman–Crippen MR) is 46.5 cm³/mol. The first-order valence-electron chi connectivity index (χ1n) is 2.97. The minimum atomic E-state index is -0.204. The minimum absolute atomic E-state index is 0.00241. The molecule has 2 N–H and O–H groups in total. The molecule has 0 bridgehead atoms. The van der Waals surface area contributed by atoms with Gasteiger partial charge in [0.15, 0.2) is 0 Å². The summed E-state index contributed by atoms with van der Waals surface area (Å²) in [4.78, 5) is 10.4. The summed E-state index contributed by atoms with van der Waals surface area (Å²) in [7, 11) is 0. The fourth-order valence-corrected chi connectivity index (χ4v) is 1.55. The van der Waals surface area contributed by atoms with Crippen LogP contribution in [0.5, 0.6) is 0 Å². The molecule has 9 heavy (non-hydrogen) atoms. The highest BCUT2D eigenvalue weighted by molar-refractivity contribution is 14.1. The van der Waals surface area contributed by atoms with Crippen LogP contribution >= 0.6 is 22.6 Å². The van der Waals surface area contributed by atoms with Crippen molar-refractivity contribution >= 4 is 28.5 Å². The average molecular weight is 241 g/mol. The van der Waals surface area contributed by atoms with E-state index in [1.54, 1.807) is 0 Å². The Labute approximate surface area is 69.3 Å². The number of hydrogen-bond donors (Lipinski definition) is 1. The number of carbonyl (C=O) groups is 1. The van der Waals surface area contributed by atoms with E-state index in [2.05, 4.69) is 36.4 Å². The molecule has 0 aromatic heterocycles. The Kier molecular flexibility index (Phi) is 4.18. The zero-order valence-electron chi connectivity index (χ0n) is 5.73. The smallest absolute Gasteiger partial charge is 0.230 e. The Morgan fingerprint density at radius 2 is 2.11 bits per heavy atom. The molecule has 1 atom stereocenters. The second-order valence-electron chi connectivity index (χ2n) is 2.50. The molecule has 0 radical (unpaired) electrons. The first-order valence-corrected chi connectivity index (χ1v) is 4.22. The van der Waals surface area contributed by atoms with Gasteiger partial charge < -0.3 is 5.73 Å². The first-order chi connectivity index (χ1) is 4.04. The van der Waals surface area contributed by atoms with E-state index >= 15 is 0 Å². The first kappa shape index (κ1) is 9.20. The molecular weight excluding hydrogens is 229 g/mol. The van der Waals surface area contributed by atoms with E-state index in [0.29, 0.717) is 5.92 Å². The molecule has 0 aromatic rings. The summed E-state index contributed by atoms with van der Waals surface area (Å²) in [6, 6.07) is 0. The molecule has 0 aliphatic rings. The van der Waals surface area contributed by atoms with Gasteiger partial charge in [0.1, 0.15) is 0 Å². The van der Waals surface area contributed by atoms with E-state index in [1.165, 1.54) is 0 Å². The summed E-state index contributed by atoms with van der Waals surface area (Å²) in [5.74, 6) is 0.351. The molecular formula is C6H12INO. The van der Waals surface area contributed by atoms with Crippen LogP contribution in [0.1, 0.15) is 20.3 Å². The van der Waals surface area contributed by atoms with Crippen LogP contribution in [0.4, 0.5) is 0 Å². The Morgan fingerprint density at radius 1 is 1.67 bits per heavy atom. The van der Waals surface area contributed by atoms with Crippen molar-refractivity contribution in [3.8, 4) is 0 Å². The highest BCUT2D eigenvalue weighted by Crippen LogP contribution is 2.11. The Hall–Kier alpha value is 0.200. The highest BCUT2D eigenvalue weighted by atomic mass is 127. The van der Waals surface area contributed by atoms with Gasteiger partial charge in [-0.05, 0) is 12.3 Å². The van der Waals surface area contributed by atoms with Gasteiger partial charge in [0.05, 0.1) is 3.92 Å². The van der Waals surface area contributed by atoms with E-state index < -0.39 is 0 Å². The third-order valence-corrected chi connectivity index (χ3v) is 2.11. The van der Waals surface area contributed by atoms with Gasteiger partial charge in [0.25, 0.3) is 0 Å². The molecule has 0 saturated heterocycles. The molecule has 0 fully saturated rings. The second-order valence-corrected chi connectivity index (χ2v) is 4.00. The van der Waals surface area contributed by atoms with Crippen LogP contribution in [0.25, 0.3) is 0 Å². The Morgan fingerprint density at radius 3 is 2.22 bits per heavy atom. The fraction of sp³-hybridized carbons (Fsp3) is 0.833. The molecule has 0 aliphatic heterocycles. The molecule has 54 valence electrons. The van der Waals surface area contributed by atoms with Gasteiger partial charge in [-0.2, -0.15) is 0 Å². The van der Waals surface area contributed by atoms with Crippen molar-refractivity contribution < 1.29 is 4.79 Å². The summed E-state index contributed by atoms with van der Waals surface area (Å²) in [5, 5.41) is 0. The van der Waals surface area contributed by atoms with Crippen molar-refractivity contribution in [2.24, 2.45) is 11.7 Å². The lowest BCUT2D eigenvalue weighted by atomic mass is 10.1. The summed E-state index contributed by atoms with van der Waals surface area (Å²) in [5.41, 5.74) is 5.04. The average Bonchev–Trinajstić information content (AvgIpc) is 1.63. The monoisotopic (exact) mass is 241 g/mol. The minimum Gasteiger partial charge on any atom is -0.369 e. The van der Waals surface area contributed by atoms with Gasteiger partial charge in [0, 0.05) is 0 Å². The predicted octanol–water partition coefficient (Wildman–Crippen LogP) is 1.32. The molecule has 0 heterocycles. The van der Waals surface area contributed by atoms with Crippen molar-refractivity contribution in [1.29, 1.82) is 0 Å². The van der Waals surface area contributed by atoms with E-state index in [-0.39, 0.29) is 9.83 Å². The summed E-state index contributed by atoms with van der Waals surface area (Å²) in [6.45, 7) is 4.16. The maximum atomic E-state index is 10.4. The van der Waals surface area contributed by atoms with Crippen LogP contribution in [0.15, 0.2) is 0 Å². The van der Waals surface area contributed by atoms with Gasteiger partial charge >= 0.3 is 0 Å². The second kappa shape index (κ2) is 4.09. The topological polar surface area (TPSA) is 43.1 Å². The zero-order chi connectivity index (χ0) is 7.44. The molecule has 0 aromatic carbocycles. The largest absolute Gasteiger partial charge is 0.369 e. The van der Waals surface area contributed by atoms with E-state index in [9.17, 15) is 4.79 Å². The summed E-state index contributed by atoms with van der Waals surface area (Å²) >= 11 is 2.07. The van der Waals surface area contributed by atoms with Gasteiger partial charge in [-0.1, -0.05) is 36.4 Å². The number of primary amides is 1. The fourth-order valence-electron chi connectivity index (χ4n) is 0.530. The third kappa shape index (κ3) is 4.69. The number of hydrogen-bond acceptors (Lipinski definition) is 1. The lowest BCUT2D eigenvalue weighted by Crippen LogP contribution is -2.24. The van der Waals surface area contributed by atoms with Crippen LogP contribution in [0, 0.1) is 5.92 Å². The molecule has 0 spiro atoms. The number of amides is 1. The van der Waals surface area contributed by atoms with Crippen molar-refractivity contribution in [1.82, 2.24) is 0 Å². The summed E-state index contributed by atoms with van der Waals surface area (Å²) in [6.07, 6.45) is 0.885. The van der Waals surface area contributed by atoms with Crippen molar-refractivity contribution in [2.45, 2.75) is 24.2 Å².